The molecular weight excluding hydrogens is 237 g/mol. The number of hydrogen-bond donors (Lipinski definition) is 1. The summed E-state index contributed by atoms with van der Waals surface area (Å²) in [4.78, 5) is 18.5. The van der Waals surface area contributed by atoms with Gasteiger partial charge in [0.2, 0.25) is 5.91 Å². The Hall–Kier alpha value is -2.50. The molecule has 0 saturated heterocycles. The highest BCUT2D eigenvalue weighted by atomic mass is 19.1. The Bertz CT molecular complexity index is 558. The van der Waals surface area contributed by atoms with Gasteiger partial charge in [-0.2, -0.15) is 0 Å². The minimum atomic E-state index is -0.493. The van der Waals surface area contributed by atoms with Crippen molar-refractivity contribution < 1.29 is 13.9 Å². The molecule has 1 N–H and O–H groups in total. The summed E-state index contributed by atoms with van der Waals surface area (Å²) < 4.78 is 18.4. The number of rotatable bonds is 3. The van der Waals surface area contributed by atoms with Crippen LogP contribution < -0.4 is 10.1 Å². The van der Waals surface area contributed by atoms with Crippen molar-refractivity contribution in [1.29, 1.82) is 0 Å². The van der Waals surface area contributed by atoms with Crippen LogP contribution in [0.5, 0.6) is 11.8 Å². The molecule has 1 heterocycles. The first-order chi connectivity index (χ1) is 8.65. The smallest absolute Gasteiger partial charge is 0.322 e. The first kappa shape index (κ1) is 12.0. The zero-order chi connectivity index (χ0) is 13.0. The molecule has 1 amide bonds. The molecule has 0 aliphatic heterocycles. The summed E-state index contributed by atoms with van der Waals surface area (Å²) in [6, 6.07) is 5.96. The Balaban J connectivity index is 2.11. The second-order valence-electron chi connectivity index (χ2n) is 3.47. The number of halogens is 1. The maximum atomic E-state index is 13.3. The lowest BCUT2D eigenvalue weighted by Crippen LogP contribution is -2.06. The SMILES string of the molecule is CC(=O)Nc1cnc(Oc2ccccc2F)nc1. The average molecular weight is 247 g/mol. The molecule has 0 aliphatic rings. The third kappa shape index (κ3) is 3.00. The molecule has 0 fully saturated rings. The van der Waals surface area contributed by atoms with E-state index in [1.165, 1.54) is 31.5 Å². The van der Waals surface area contributed by atoms with Gasteiger partial charge in [0.1, 0.15) is 0 Å². The molecule has 0 unspecified atom stereocenters. The van der Waals surface area contributed by atoms with Crippen molar-refractivity contribution in [2.24, 2.45) is 0 Å². The van der Waals surface area contributed by atoms with E-state index in [0.717, 1.165) is 0 Å². The second kappa shape index (κ2) is 5.22. The standard InChI is InChI=1S/C12H10FN3O2/c1-8(17)16-9-6-14-12(15-7-9)18-11-5-3-2-4-10(11)13/h2-7H,1H3,(H,16,17). The Morgan fingerprint density at radius 3 is 2.56 bits per heavy atom. The van der Waals surface area contributed by atoms with Crippen LogP contribution in [0, 0.1) is 5.82 Å². The average Bonchev–Trinajstić information content (AvgIpc) is 2.34. The third-order valence-electron chi connectivity index (χ3n) is 1.99. The van der Waals surface area contributed by atoms with E-state index in [4.69, 9.17) is 4.74 Å². The summed E-state index contributed by atoms with van der Waals surface area (Å²) in [7, 11) is 0. The van der Waals surface area contributed by atoms with E-state index in [1.807, 2.05) is 0 Å². The number of hydrogen-bond acceptors (Lipinski definition) is 4. The van der Waals surface area contributed by atoms with Gasteiger partial charge in [-0.3, -0.25) is 4.79 Å². The molecular formula is C12H10FN3O2. The van der Waals surface area contributed by atoms with Crippen molar-refractivity contribution in [1.82, 2.24) is 9.97 Å². The fourth-order valence-corrected chi connectivity index (χ4v) is 1.26. The van der Waals surface area contributed by atoms with Crippen molar-refractivity contribution in [3.8, 4) is 11.8 Å². The number of nitrogens with one attached hydrogen (secondary N) is 1. The highest BCUT2D eigenvalue weighted by Crippen LogP contribution is 2.21. The summed E-state index contributed by atoms with van der Waals surface area (Å²) in [6.07, 6.45) is 2.76. The van der Waals surface area contributed by atoms with E-state index in [9.17, 15) is 9.18 Å². The number of nitrogens with zero attached hydrogens (tertiary/aromatic N) is 2. The summed E-state index contributed by atoms with van der Waals surface area (Å²) >= 11 is 0. The highest BCUT2D eigenvalue weighted by molar-refractivity contribution is 5.88. The molecule has 1 aromatic carbocycles. The molecule has 0 spiro atoms. The predicted octanol–water partition coefficient (Wildman–Crippen LogP) is 2.37. The number of aromatic nitrogens is 2. The first-order valence-corrected chi connectivity index (χ1v) is 5.17. The fourth-order valence-electron chi connectivity index (χ4n) is 1.26. The largest absolute Gasteiger partial charge is 0.421 e. The Morgan fingerprint density at radius 1 is 1.28 bits per heavy atom. The van der Waals surface area contributed by atoms with Crippen LogP contribution in [-0.2, 0) is 4.79 Å². The van der Waals surface area contributed by atoms with Gasteiger partial charge in [-0.25, -0.2) is 14.4 Å². The maximum absolute atomic E-state index is 13.3. The van der Waals surface area contributed by atoms with Crippen molar-refractivity contribution in [3.05, 3.63) is 42.5 Å². The van der Waals surface area contributed by atoms with Crippen molar-refractivity contribution in [3.63, 3.8) is 0 Å². The van der Waals surface area contributed by atoms with Gasteiger partial charge in [-0.1, -0.05) is 12.1 Å². The number of amides is 1. The first-order valence-electron chi connectivity index (χ1n) is 5.17. The number of ether oxygens (including phenoxy) is 1. The number of carbonyl (C=O) groups excluding carboxylic acids is 1. The van der Waals surface area contributed by atoms with E-state index in [-0.39, 0.29) is 17.7 Å². The van der Waals surface area contributed by atoms with Crippen molar-refractivity contribution in [2.75, 3.05) is 5.32 Å². The van der Waals surface area contributed by atoms with Gasteiger partial charge in [-0.15, -0.1) is 0 Å². The second-order valence-corrected chi connectivity index (χ2v) is 3.47. The molecule has 0 radical (unpaired) electrons. The molecule has 0 saturated carbocycles. The highest BCUT2D eigenvalue weighted by Gasteiger charge is 2.05. The van der Waals surface area contributed by atoms with Gasteiger partial charge in [-0.05, 0) is 12.1 Å². The van der Waals surface area contributed by atoms with Gasteiger partial charge >= 0.3 is 6.01 Å². The molecule has 0 atom stereocenters. The molecule has 5 nitrogen and oxygen atoms in total. The Labute approximate surface area is 103 Å². The molecule has 1 aromatic heterocycles. The van der Waals surface area contributed by atoms with Gasteiger partial charge in [0, 0.05) is 6.92 Å². The van der Waals surface area contributed by atoms with Crippen LogP contribution in [0.25, 0.3) is 0 Å². The number of para-hydroxylation sites is 1. The van der Waals surface area contributed by atoms with Crippen molar-refractivity contribution in [2.45, 2.75) is 6.92 Å². The quantitative estimate of drug-likeness (QED) is 0.904. The molecule has 0 bridgehead atoms. The zero-order valence-corrected chi connectivity index (χ0v) is 9.55. The van der Waals surface area contributed by atoms with E-state index in [2.05, 4.69) is 15.3 Å². The van der Waals surface area contributed by atoms with E-state index in [0.29, 0.717) is 5.69 Å². The number of benzene rings is 1. The number of anilines is 1. The monoisotopic (exact) mass is 247 g/mol. The normalized spacial score (nSPS) is 9.89. The van der Waals surface area contributed by atoms with Crippen LogP contribution >= 0.6 is 0 Å². The van der Waals surface area contributed by atoms with Gasteiger partial charge in [0.25, 0.3) is 0 Å². The van der Waals surface area contributed by atoms with Gasteiger partial charge < -0.3 is 10.1 Å². The summed E-state index contributed by atoms with van der Waals surface area (Å²) in [5, 5.41) is 2.51. The third-order valence-corrected chi connectivity index (χ3v) is 1.99. The van der Waals surface area contributed by atoms with E-state index < -0.39 is 5.82 Å². The predicted molar refractivity (Wildman–Crippen MR) is 62.8 cm³/mol. The topological polar surface area (TPSA) is 64.1 Å². The Kier molecular flexibility index (Phi) is 3.47. The summed E-state index contributed by atoms with van der Waals surface area (Å²) in [5.74, 6) is -0.668. The minimum absolute atomic E-state index is 0.00852. The summed E-state index contributed by atoms with van der Waals surface area (Å²) in [6.45, 7) is 1.38. The molecule has 92 valence electrons. The van der Waals surface area contributed by atoms with Crippen LogP contribution in [0.1, 0.15) is 6.92 Å². The zero-order valence-electron chi connectivity index (χ0n) is 9.55. The Morgan fingerprint density at radius 2 is 1.94 bits per heavy atom. The van der Waals surface area contributed by atoms with E-state index in [1.54, 1.807) is 12.1 Å². The van der Waals surface area contributed by atoms with Crippen LogP contribution in [0.3, 0.4) is 0 Å². The van der Waals surface area contributed by atoms with Gasteiger partial charge in [0.15, 0.2) is 11.6 Å². The van der Waals surface area contributed by atoms with Crippen LogP contribution in [0.15, 0.2) is 36.7 Å². The minimum Gasteiger partial charge on any atom is -0.421 e. The maximum Gasteiger partial charge on any atom is 0.322 e. The van der Waals surface area contributed by atoms with Crippen LogP contribution in [0.2, 0.25) is 0 Å². The number of carbonyl (C=O) groups is 1. The molecule has 6 heteroatoms. The van der Waals surface area contributed by atoms with Crippen LogP contribution in [0.4, 0.5) is 10.1 Å². The molecule has 18 heavy (non-hydrogen) atoms. The molecule has 0 aliphatic carbocycles. The van der Waals surface area contributed by atoms with Crippen LogP contribution in [-0.4, -0.2) is 15.9 Å². The lowest BCUT2D eigenvalue weighted by Gasteiger charge is -2.05. The summed E-state index contributed by atoms with van der Waals surface area (Å²) in [5.41, 5.74) is 0.448. The van der Waals surface area contributed by atoms with Gasteiger partial charge in [0.05, 0.1) is 18.1 Å². The molecule has 2 aromatic rings. The lowest BCUT2D eigenvalue weighted by atomic mass is 10.3. The molecule has 2 rings (SSSR count). The van der Waals surface area contributed by atoms with Crippen molar-refractivity contribution >= 4 is 11.6 Å². The lowest BCUT2D eigenvalue weighted by molar-refractivity contribution is -0.114. The fraction of sp³-hybridized carbons (Fsp3) is 0.0833. The van der Waals surface area contributed by atoms with E-state index >= 15 is 0 Å².